The Morgan fingerprint density at radius 1 is 1.08 bits per heavy atom. The fourth-order valence-electron chi connectivity index (χ4n) is 4.84. The smallest absolute Gasteiger partial charge is 0.294 e. The van der Waals surface area contributed by atoms with Crippen molar-refractivity contribution in [3.63, 3.8) is 0 Å². The number of amides is 2. The Balaban J connectivity index is 1.55. The molecule has 2 aliphatic heterocycles. The van der Waals surface area contributed by atoms with E-state index in [1.54, 1.807) is 35.2 Å². The number of carbonyl (C=O) groups is 2. The Morgan fingerprint density at radius 3 is 2.47 bits per heavy atom. The summed E-state index contributed by atoms with van der Waals surface area (Å²) in [6, 6.07) is 4.46. The average Bonchev–Trinajstić information content (AvgIpc) is 3.27. The van der Waals surface area contributed by atoms with E-state index in [1.807, 2.05) is 6.92 Å². The van der Waals surface area contributed by atoms with Gasteiger partial charge in [-0.05, 0) is 34.0 Å². The van der Waals surface area contributed by atoms with Crippen molar-refractivity contribution in [1.82, 2.24) is 19.7 Å². The zero-order chi connectivity index (χ0) is 27.4. The molecule has 3 heterocycles. The van der Waals surface area contributed by atoms with E-state index in [0.29, 0.717) is 60.4 Å². The van der Waals surface area contributed by atoms with Crippen LogP contribution in [0.1, 0.15) is 27.6 Å². The molecule has 2 amide bonds. The van der Waals surface area contributed by atoms with Gasteiger partial charge in [-0.1, -0.05) is 22.9 Å². The lowest BCUT2D eigenvalue weighted by Gasteiger charge is -2.35. The number of anilines is 1. The van der Waals surface area contributed by atoms with E-state index < -0.39 is 4.92 Å². The number of hydrogen-bond acceptors (Lipinski definition) is 8. The van der Waals surface area contributed by atoms with Crippen LogP contribution in [-0.2, 0) is 4.74 Å². The molecule has 1 aromatic carbocycles. The first-order valence-corrected chi connectivity index (χ1v) is 13.9. The molecule has 0 bridgehead atoms. The first-order chi connectivity index (χ1) is 18.2. The van der Waals surface area contributed by atoms with E-state index in [0.717, 1.165) is 6.54 Å². The standard InChI is InChI=1S/C25H30Br2N6O5/c1-16-14-32(24(34)17-9-19(27)13-28-12-17)15-21(16)29-23-20(10-18(26)11-22(23)33(36)37)25(35)31-5-3-30(4-6-31)7-8-38-2/h9-13,16,21,29H,3-8,14-15H2,1-2H3/t16?,21-/m0/s1. The number of aromatic nitrogens is 1. The van der Waals surface area contributed by atoms with Crippen molar-refractivity contribution < 1.29 is 19.2 Å². The predicted molar refractivity (Wildman–Crippen MR) is 149 cm³/mol. The van der Waals surface area contributed by atoms with Gasteiger partial charge in [-0.2, -0.15) is 0 Å². The Hall–Kier alpha value is -2.61. The molecule has 2 aromatic rings. The van der Waals surface area contributed by atoms with Crippen LogP contribution in [0.4, 0.5) is 11.4 Å². The SMILES string of the molecule is COCCN1CCN(C(=O)c2cc(Br)cc([N+](=O)[O-])c2N[C@H]2CN(C(=O)c3cncc(Br)c3)CC2C)CC1. The molecule has 11 nitrogen and oxygen atoms in total. The number of likely N-dealkylation sites (tertiary alicyclic amines) is 1. The molecule has 1 N–H and O–H groups in total. The van der Waals surface area contributed by atoms with Crippen LogP contribution in [-0.4, -0.2) is 102 Å². The molecule has 2 fully saturated rings. The highest BCUT2D eigenvalue weighted by Crippen LogP contribution is 2.36. The van der Waals surface area contributed by atoms with Gasteiger partial charge in [-0.25, -0.2) is 0 Å². The van der Waals surface area contributed by atoms with Crippen molar-refractivity contribution in [2.75, 3.05) is 64.8 Å². The minimum Gasteiger partial charge on any atom is -0.383 e. The molecule has 1 unspecified atom stereocenters. The second-order valence-corrected chi connectivity index (χ2v) is 11.4. The number of rotatable bonds is 8. The summed E-state index contributed by atoms with van der Waals surface area (Å²) in [7, 11) is 1.66. The summed E-state index contributed by atoms with van der Waals surface area (Å²) in [4.78, 5) is 48.0. The third-order valence-corrected chi connectivity index (χ3v) is 7.85. The summed E-state index contributed by atoms with van der Waals surface area (Å²) in [5.74, 6) is -0.431. The van der Waals surface area contributed by atoms with Crippen LogP contribution in [0.3, 0.4) is 0 Å². The minimum absolute atomic E-state index is 0.00501. The number of benzene rings is 1. The van der Waals surface area contributed by atoms with Gasteiger partial charge in [0.25, 0.3) is 17.5 Å². The van der Waals surface area contributed by atoms with Gasteiger partial charge in [-0.15, -0.1) is 0 Å². The van der Waals surface area contributed by atoms with Gasteiger partial charge < -0.3 is 19.9 Å². The lowest BCUT2D eigenvalue weighted by molar-refractivity contribution is -0.384. The predicted octanol–water partition coefficient (Wildman–Crippen LogP) is 3.49. The molecule has 2 aliphatic rings. The summed E-state index contributed by atoms with van der Waals surface area (Å²) < 4.78 is 6.31. The Kier molecular flexibility index (Phi) is 9.34. The highest BCUT2D eigenvalue weighted by Gasteiger charge is 2.36. The number of nitro groups is 1. The van der Waals surface area contributed by atoms with Gasteiger partial charge in [0.2, 0.25) is 0 Å². The van der Waals surface area contributed by atoms with Crippen molar-refractivity contribution in [2.45, 2.75) is 13.0 Å². The summed E-state index contributed by atoms with van der Waals surface area (Å²) in [6.45, 7) is 6.65. The first-order valence-electron chi connectivity index (χ1n) is 12.3. The Morgan fingerprint density at radius 2 is 1.82 bits per heavy atom. The number of pyridine rings is 1. The van der Waals surface area contributed by atoms with Crippen molar-refractivity contribution in [3.8, 4) is 0 Å². The van der Waals surface area contributed by atoms with E-state index in [-0.39, 0.29) is 40.7 Å². The molecule has 0 radical (unpaired) electrons. The van der Waals surface area contributed by atoms with Crippen molar-refractivity contribution in [3.05, 3.63) is 60.8 Å². The zero-order valence-electron chi connectivity index (χ0n) is 21.2. The molecular weight excluding hydrogens is 624 g/mol. The molecule has 2 saturated heterocycles. The highest BCUT2D eigenvalue weighted by molar-refractivity contribution is 9.10. The van der Waals surface area contributed by atoms with Gasteiger partial charge in [0.15, 0.2) is 0 Å². The van der Waals surface area contributed by atoms with Gasteiger partial charge in [-0.3, -0.25) is 29.6 Å². The fraction of sp³-hybridized carbons (Fsp3) is 0.480. The number of nitrogens with zero attached hydrogens (tertiary/aromatic N) is 5. The Labute approximate surface area is 237 Å². The van der Waals surface area contributed by atoms with Crippen LogP contribution in [0, 0.1) is 16.0 Å². The lowest BCUT2D eigenvalue weighted by atomic mass is 10.0. The van der Waals surface area contributed by atoms with E-state index >= 15 is 0 Å². The fourth-order valence-corrected chi connectivity index (χ4v) is 5.65. The number of nitro benzene ring substituents is 1. The molecule has 0 aliphatic carbocycles. The zero-order valence-corrected chi connectivity index (χ0v) is 24.4. The lowest BCUT2D eigenvalue weighted by Crippen LogP contribution is -2.49. The summed E-state index contributed by atoms with van der Waals surface area (Å²) in [6.07, 6.45) is 3.13. The molecule has 13 heteroatoms. The van der Waals surface area contributed by atoms with Crippen molar-refractivity contribution in [2.24, 2.45) is 5.92 Å². The van der Waals surface area contributed by atoms with E-state index in [9.17, 15) is 19.7 Å². The molecule has 4 rings (SSSR count). The second-order valence-electron chi connectivity index (χ2n) is 9.56. The highest BCUT2D eigenvalue weighted by atomic mass is 79.9. The maximum absolute atomic E-state index is 13.6. The number of halogens is 2. The number of carbonyl (C=O) groups excluding carboxylic acids is 2. The molecule has 0 spiro atoms. The monoisotopic (exact) mass is 652 g/mol. The van der Waals surface area contributed by atoms with Gasteiger partial charge in [0.1, 0.15) is 5.69 Å². The first kappa shape index (κ1) is 28.4. The average molecular weight is 654 g/mol. The summed E-state index contributed by atoms with van der Waals surface area (Å²) >= 11 is 6.69. The summed E-state index contributed by atoms with van der Waals surface area (Å²) in [5, 5.41) is 15.3. The number of nitrogens with one attached hydrogen (secondary N) is 1. The van der Waals surface area contributed by atoms with Crippen LogP contribution in [0.15, 0.2) is 39.5 Å². The number of piperazine rings is 1. The van der Waals surface area contributed by atoms with Crippen LogP contribution >= 0.6 is 31.9 Å². The van der Waals surface area contributed by atoms with Crippen LogP contribution < -0.4 is 5.32 Å². The van der Waals surface area contributed by atoms with Gasteiger partial charge in [0, 0.05) is 86.4 Å². The van der Waals surface area contributed by atoms with Crippen LogP contribution in [0.2, 0.25) is 0 Å². The number of methoxy groups -OCH3 is 1. The summed E-state index contributed by atoms with van der Waals surface area (Å²) in [5.41, 5.74) is 0.696. The van der Waals surface area contributed by atoms with Gasteiger partial charge in [0.05, 0.1) is 22.7 Å². The van der Waals surface area contributed by atoms with Crippen molar-refractivity contribution in [1.29, 1.82) is 0 Å². The molecular formula is C25H30Br2N6O5. The van der Waals surface area contributed by atoms with Gasteiger partial charge >= 0.3 is 0 Å². The maximum atomic E-state index is 13.6. The quantitative estimate of drug-likeness (QED) is 0.340. The molecule has 2 atom stereocenters. The molecule has 0 saturated carbocycles. The normalized spacial score (nSPS) is 20.0. The maximum Gasteiger partial charge on any atom is 0.294 e. The number of ether oxygens (including phenoxy) is 1. The van der Waals surface area contributed by atoms with Crippen LogP contribution in [0.5, 0.6) is 0 Å². The topological polar surface area (TPSA) is 121 Å². The molecule has 1 aromatic heterocycles. The van der Waals surface area contributed by atoms with E-state index in [2.05, 4.69) is 47.1 Å². The Bertz CT molecular complexity index is 1210. The third-order valence-electron chi connectivity index (χ3n) is 6.96. The second kappa shape index (κ2) is 12.5. The van der Waals surface area contributed by atoms with Crippen LogP contribution in [0.25, 0.3) is 0 Å². The van der Waals surface area contributed by atoms with E-state index in [4.69, 9.17) is 4.74 Å². The van der Waals surface area contributed by atoms with E-state index in [1.165, 1.54) is 12.3 Å². The molecule has 38 heavy (non-hydrogen) atoms. The molecule has 204 valence electrons. The minimum atomic E-state index is -0.484. The largest absolute Gasteiger partial charge is 0.383 e. The number of hydrogen-bond donors (Lipinski definition) is 1. The third kappa shape index (κ3) is 6.50. The van der Waals surface area contributed by atoms with Crippen molar-refractivity contribution >= 4 is 55.0 Å².